The Balaban J connectivity index is 2.04. The summed E-state index contributed by atoms with van der Waals surface area (Å²) in [7, 11) is 3.24. The molecule has 1 aromatic carbocycles. The van der Waals surface area contributed by atoms with Gasteiger partial charge >= 0.3 is 0 Å². The van der Waals surface area contributed by atoms with Gasteiger partial charge in [0.05, 0.1) is 12.0 Å². The van der Waals surface area contributed by atoms with Gasteiger partial charge in [-0.1, -0.05) is 24.3 Å². The maximum Gasteiger partial charge on any atom is 0.261 e. The molecule has 0 spiro atoms. The highest BCUT2D eigenvalue weighted by molar-refractivity contribution is 7.12. The number of hydrogen-bond acceptors (Lipinski definition) is 4. The van der Waals surface area contributed by atoms with Crippen molar-refractivity contribution in [2.24, 2.45) is 0 Å². The number of thiophene rings is 1. The van der Waals surface area contributed by atoms with Crippen molar-refractivity contribution in [3.63, 3.8) is 0 Å². The van der Waals surface area contributed by atoms with E-state index in [1.807, 2.05) is 35.7 Å². The van der Waals surface area contributed by atoms with E-state index in [0.29, 0.717) is 11.4 Å². The molecule has 1 unspecified atom stereocenters. The first kappa shape index (κ1) is 14.6. The predicted octanol–water partition coefficient (Wildman–Crippen LogP) is 2.87. The van der Waals surface area contributed by atoms with Crippen LogP contribution in [0.4, 0.5) is 0 Å². The van der Waals surface area contributed by atoms with Crippen LogP contribution in [0.15, 0.2) is 41.8 Å². The molecule has 1 atom stereocenters. The molecule has 0 bridgehead atoms. The fourth-order valence-corrected chi connectivity index (χ4v) is 2.57. The average Bonchev–Trinajstić information content (AvgIpc) is 3.02. The molecule has 0 aliphatic heterocycles. The van der Waals surface area contributed by atoms with E-state index >= 15 is 0 Å². The van der Waals surface area contributed by atoms with Gasteiger partial charge in [0, 0.05) is 19.2 Å². The number of ether oxygens (including phenoxy) is 2. The molecule has 0 saturated carbocycles. The van der Waals surface area contributed by atoms with Crippen molar-refractivity contribution in [3.8, 4) is 5.75 Å². The molecular formula is C15H17NO3S. The lowest BCUT2D eigenvalue weighted by molar-refractivity contribution is 0.0822. The average molecular weight is 291 g/mol. The van der Waals surface area contributed by atoms with Crippen LogP contribution in [-0.2, 0) is 4.74 Å². The van der Waals surface area contributed by atoms with Crippen LogP contribution in [0.3, 0.4) is 0 Å². The molecule has 1 aromatic heterocycles. The summed E-state index contributed by atoms with van der Waals surface area (Å²) in [4.78, 5) is 12.6. The third-order valence-corrected chi connectivity index (χ3v) is 3.83. The molecule has 0 radical (unpaired) electrons. The van der Waals surface area contributed by atoms with Crippen molar-refractivity contribution >= 4 is 17.2 Å². The van der Waals surface area contributed by atoms with Crippen molar-refractivity contribution in [2.75, 3.05) is 20.8 Å². The van der Waals surface area contributed by atoms with Gasteiger partial charge in [0.25, 0.3) is 5.91 Å². The fraction of sp³-hybridized carbons (Fsp3) is 0.267. The summed E-state index contributed by atoms with van der Waals surface area (Å²) in [5.74, 6) is 0.668. The molecule has 2 aromatic rings. The number of rotatable bonds is 6. The largest absolute Gasteiger partial charge is 0.496 e. The van der Waals surface area contributed by atoms with Gasteiger partial charge in [-0.2, -0.15) is 0 Å². The van der Waals surface area contributed by atoms with E-state index in [1.165, 1.54) is 11.3 Å². The summed E-state index contributed by atoms with van der Waals surface area (Å²) < 4.78 is 10.8. The second kappa shape index (κ2) is 7.07. The topological polar surface area (TPSA) is 47.6 Å². The number of carbonyl (C=O) groups excluding carboxylic acids is 1. The quantitative estimate of drug-likeness (QED) is 0.890. The van der Waals surface area contributed by atoms with E-state index in [2.05, 4.69) is 5.32 Å². The first-order chi connectivity index (χ1) is 9.76. The Morgan fingerprint density at radius 1 is 1.25 bits per heavy atom. The van der Waals surface area contributed by atoms with Gasteiger partial charge in [0.1, 0.15) is 11.9 Å². The maximum atomic E-state index is 11.9. The van der Waals surface area contributed by atoms with Crippen LogP contribution < -0.4 is 10.1 Å². The lowest BCUT2D eigenvalue weighted by Gasteiger charge is -2.18. The molecular weight excluding hydrogens is 274 g/mol. The molecule has 2 rings (SSSR count). The molecule has 5 heteroatoms. The Morgan fingerprint density at radius 3 is 2.70 bits per heavy atom. The van der Waals surface area contributed by atoms with Crippen LogP contribution in [0.2, 0.25) is 0 Å². The predicted molar refractivity (Wildman–Crippen MR) is 79.4 cm³/mol. The highest BCUT2D eigenvalue weighted by atomic mass is 32.1. The minimum Gasteiger partial charge on any atom is -0.496 e. The molecule has 1 amide bonds. The third kappa shape index (κ3) is 3.37. The smallest absolute Gasteiger partial charge is 0.261 e. The van der Waals surface area contributed by atoms with Crippen molar-refractivity contribution in [3.05, 3.63) is 52.2 Å². The first-order valence-electron chi connectivity index (χ1n) is 6.23. The monoisotopic (exact) mass is 291 g/mol. The fourth-order valence-electron chi connectivity index (χ4n) is 1.93. The summed E-state index contributed by atoms with van der Waals surface area (Å²) in [6.45, 7) is 0.396. The second-order valence-electron chi connectivity index (χ2n) is 4.15. The minimum absolute atomic E-state index is 0.0862. The SMILES string of the molecule is COc1ccccc1C(CNC(=O)c1cccs1)OC. The van der Waals surface area contributed by atoms with Gasteiger partial charge in [-0.25, -0.2) is 0 Å². The van der Waals surface area contributed by atoms with Gasteiger partial charge in [0.15, 0.2) is 0 Å². The van der Waals surface area contributed by atoms with Gasteiger partial charge in [0.2, 0.25) is 0 Å². The van der Waals surface area contributed by atoms with Crippen LogP contribution in [0.1, 0.15) is 21.3 Å². The molecule has 1 N–H and O–H groups in total. The zero-order valence-electron chi connectivity index (χ0n) is 11.5. The Hall–Kier alpha value is -1.85. The Bertz CT molecular complexity index is 554. The van der Waals surface area contributed by atoms with Crippen LogP contribution in [-0.4, -0.2) is 26.7 Å². The zero-order chi connectivity index (χ0) is 14.4. The first-order valence-corrected chi connectivity index (χ1v) is 7.11. The third-order valence-electron chi connectivity index (χ3n) is 2.96. The highest BCUT2D eigenvalue weighted by Gasteiger charge is 2.16. The van der Waals surface area contributed by atoms with Crippen molar-refractivity contribution in [2.45, 2.75) is 6.10 Å². The normalized spacial score (nSPS) is 11.9. The summed E-state index contributed by atoms with van der Waals surface area (Å²) in [5.41, 5.74) is 0.920. The number of hydrogen-bond donors (Lipinski definition) is 1. The van der Waals surface area contributed by atoms with Crippen LogP contribution in [0.5, 0.6) is 5.75 Å². The standard InChI is InChI=1S/C15H17NO3S/c1-18-12-7-4-3-6-11(12)13(19-2)10-16-15(17)14-8-5-9-20-14/h3-9,13H,10H2,1-2H3,(H,16,17). The minimum atomic E-state index is -0.241. The number of nitrogens with one attached hydrogen (secondary N) is 1. The van der Waals surface area contributed by atoms with Crippen LogP contribution in [0.25, 0.3) is 0 Å². The molecule has 0 fully saturated rings. The van der Waals surface area contributed by atoms with Crippen LogP contribution >= 0.6 is 11.3 Å². The molecule has 4 nitrogen and oxygen atoms in total. The summed E-state index contributed by atoms with van der Waals surface area (Å²) >= 11 is 1.42. The molecule has 0 saturated heterocycles. The highest BCUT2D eigenvalue weighted by Crippen LogP contribution is 2.26. The van der Waals surface area contributed by atoms with Gasteiger partial charge in [-0.15, -0.1) is 11.3 Å². The van der Waals surface area contributed by atoms with Crippen molar-refractivity contribution < 1.29 is 14.3 Å². The summed E-state index contributed by atoms with van der Waals surface area (Å²) in [6, 6.07) is 11.3. The molecule has 0 aliphatic carbocycles. The lowest BCUT2D eigenvalue weighted by Crippen LogP contribution is -2.28. The Labute approximate surface area is 122 Å². The zero-order valence-corrected chi connectivity index (χ0v) is 12.3. The Kier molecular flexibility index (Phi) is 5.15. The molecule has 106 valence electrons. The van der Waals surface area contributed by atoms with E-state index in [1.54, 1.807) is 20.3 Å². The van der Waals surface area contributed by atoms with Gasteiger partial charge in [-0.3, -0.25) is 4.79 Å². The van der Waals surface area contributed by atoms with E-state index in [9.17, 15) is 4.79 Å². The number of amides is 1. The summed E-state index contributed by atoms with van der Waals surface area (Å²) in [5, 5.41) is 4.75. The number of para-hydroxylation sites is 1. The molecule has 20 heavy (non-hydrogen) atoms. The number of carbonyl (C=O) groups is 1. The molecule has 1 heterocycles. The van der Waals surface area contributed by atoms with Gasteiger partial charge in [-0.05, 0) is 17.5 Å². The number of benzene rings is 1. The van der Waals surface area contributed by atoms with Crippen molar-refractivity contribution in [1.82, 2.24) is 5.32 Å². The van der Waals surface area contributed by atoms with E-state index in [0.717, 1.165) is 11.3 Å². The Morgan fingerprint density at radius 2 is 2.05 bits per heavy atom. The van der Waals surface area contributed by atoms with E-state index < -0.39 is 0 Å². The van der Waals surface area contributed by atoms with E-state index in [-0.39, 0.29) is 12.0 Å². The lowest BCUT2D eigenvalue weighted by atomic mass is 10.1. The second-order valence-corrected chi connectivity index (χ2v) is 5.10. The van der Waals surface area contributed by atoms with Gasteiger partial charge < -0.3 is 14.8 Å². The molecule has 0 aliphatic rings. The number of methoxy groups -OCH3 is 2. The van der Waals surface area contributed by atoms with Crippen LogP contribution in [0, 0.1) is 0 Å². The van der Waals surface area contributed by atoms with Crippen molar-refractivity contribution in [1.29, 1.82) is 0 Å². The maximum absolute atomic E-state index is 11.9. The summed E-state index contributed by atoms with van der Waals surface area (Å²) in [6.07, 6.45) is -0.241. The van der Waals surface area contributed by atoms with E-state index in [4.69, 9.17) is 9.47 Å².